The quantitative estimate of drug-likeness (QED) is 0.108. The van der Waals surface area contributed by atoms with E-state index in [-0.39, 0.29) is 0 Å². The highest BCUT2D eigenvalue weighted by Gasteiger charge is 2.81. The molecule has 15 nitrogen and oxygen atoms in total. The van der Waals surface area contributed by atoms with Gasteiger partial charge in [0.25, 0.3) is 0 Å². The van der Waals surface area contributed by atoms with Crippen LogP contribution in [0.5, 0.6) is 0 Å². The topological polar surface area (TPSA) is 214 Å². The van der Waals surface area contributed by atoms with Crippen LogP contribution in [0.2, 0.25) is 0 Å². The lowest BCUT2D eigenvalue weighted by Gasteiger charge is -2.49. The van der Waals surface area contributed by atoms with Crippen molar-refractivity contribution in [1.82, 2.24) is 0 Å². The van der Waals surface area contributed by atoms with Crippen molar-refractivity contribution in [3.8, 4) is 0 Å². The van der Waals surface area contributed by atoms with Gasteiger partial charge in [-0.05, 0) is 0 Å². The zero-order valence-electron chi connectivity index (χ0n) is 17.3. The Morgan fingerprint density at radius 2 is 0.935 bits per heavy atom. The van der Waals surface area contributed by atoms with Crippen molar-refractivity contribution in [3.63, 3.8) is 0 Å². The summed E-state index contributed by atoms with van der Waals surface area (Å²) in [6.07, 6.45) is -0.674. The lowest BCUT2D eigenvalue weighted by Crippen LogP contribution is -2.79. The van der Waals surface area contributed by atoms with E-state index in [0.717, 1.165) is 21.3 Å². The summed E-state index contributed by atoms with van der Waals surface area (Å²) >= 11 is 0. The van der Waals surface area contributed by atoms with Gasteiger partial charge in [-0.25, -0.2) is 19.2 Å². The summed E-state index contributed by atoms with van der Waals surface area (Å²) in [6.45, 7) is -4.00. The normalized spacial score (nSPS) is 12.1. The second-order valence-corrected chi connectivity index (χ2v) is 8.42. The Morgan fingerprint density at radius 3 is 1.16 bits per heavy atom. The number of aliphatic hydroxyl groups excluding tert-OH is 4. The van der Waals surface area contributed by atoms with Crippen LogP contribution in [0.3, 0.4) is 0 Å². The number of hydrogen-bond donors (Lipinski definition) is 4. The summed E-state index contributed by atoms with van der Waals surface area (Å²) in [7, 11) is -1.93. The van der Waals surface area contributed by atoms with Gasteiger partial charge in [0.2, 0.25) is 0 Å². The highest BCUT2D eigenvalue weighted by Crippen LogP contribution is 2.44. The zero-order valence-corrected chi connectivity index (χ0v) is 18.3. The molecule has 0 heterocycles. The van der Waals surface area contributed by atoms with Crippen molar-refractivity contribution in [1.29, 1.82) is 0 Å². The summed E-state index contributed by atoms with van der Waals surface area (Å²) in [4.78, 5) is 48.2. The molecule has 0 aromatic heterocycles. The fourth-order valence-corrected chi connectivity index (χ4v) is 5.07. The van der Waals surface area contributed by atoms with Gasteiger partial charge in [-0.2, -0.15) is 0 Å². The van der Waals surface area contributed by atoms with Crippen LogP contribution >= 0.6 is 0 Å². The Bertz CT molecular complexity index is 588. The van der Waals surface area contributed by atoms with E-state index < -0.39 is 76.7 Å². The molecule has 31 heavy (non-hydrogen) atoms. The zero-order chi connectivity index (χ0) is 24.3. The smallest absolute Gasteiger partial charge is 0.413 e. The van der Waals surface area contributed by atoms with Crippen molar-refractivity contribution in [3.05, 3.63) is 0 Å². The summed E-state index contributed by atoms with van der Waals surface area (Å²) < 4.78 is 35.8. The molecule has 0 spiro atoms. The van der Waals surface area contributed by atoms with E-state index in [1.807, 2.05) is 0 Å². The number of hydrogen-bond acceptors (Lipinski definition) is 15. The van der Waals surface area contributed by atoms with Crippen LogP contribution in [0.4, 0.5) is 0 Å². The minimum atomic E-state index is -4.80. The maximum absolute atomic E-state index is 12.1. The summed E-state index contributed by atoms with van der Waals surface area (Å²) in [5, 5.41) is 36.7. The van der Waals surface area contributed by atoms with Gasteiger partial charge in [-0.1, -0.05) is 6.92 Å². The fourth-order valence-electron chi connectivity index (χ4n) is 2.54. The molecule has 0 atom stereocenters. The van der Waals surface area contributed by atoms with E-state index in [0.29, 0.717) is 0 Å². The average molecular weight is 474 g/mol. The molecule has 0 radical (unpaired) electrons. The summed E-state index contributed by atoms with van der Waals surface area (Å²) in [6, 6.07) is 0. The standard InChI is InChI=1S/C15H26O15Si/c1-5-14(27-10(20)6-16,28-11(21)7-17)15(29-12(22)8-18,30-13(23)9-19)31(24-2,25-3)26-4/h16-19H,5-9H2,1-4H3. The maximum Gasteiger partial charge on any atom is 0.601 e. The first kappa shape index (κ1) is 28.8. The number of aliphatic hydroxyl groups is 4. The monoisotopic (exact) mass is 474 g/mol. The number of ether oxygens (including phenoxy) is 4. The van der Waals surface area contributed by atoms with Gasteiger partial charge in [-0.15, -0.1) is 0 Å². The molecule has 0 aliphatic rings. The second-order valence-electron chi connectivity index (χ2n) is 5.42. The molecule has 180 valence electrons. The van der Waals surface area contributed by atoms with Crippen molar-refractivity contribution < 1.29 is 71.8 Å². The Labute approximate surface area is 177 Å². The first-order chi connectivity index (χ1) is 14.6. The Kier molecular flexibility index (Phi) is 11.7. The lowest BCUT2D eigenvalue weighted by molar-refractivity contribution is -0.352. The van der Waals surface area contributed by atoms with Crippen LogP contribution < -0.4 is 0 Å². The van der Waals surface area contributed by atoms with E-state index in [1.165, 1.54) is 6.92 Å². The molecule has 0 fully saturated rings. The van der Waals surface area contributed by atoms with Crippen LogP contribution in [-0.2, 0) is 51.4 Å². The molecule has 0 aromatic rings. The molecule has 0 bridgehead atoms. The summed E-state index contributed by atoms with van der Waals surface area (Å²) in [5.74, 6) is -8.97. The largest absolute Gasteiger partial charge is 0.601 e. The van der Waals surface area contributed by atoms with E-state index in [9.17, 15) is 29.4 Å². The van der Waals surface area contributed by atoms with Crippen molar-refractivity contribution >= 4 is 32.7 Å². The Hall–Kier alpha value is -2.18. The second kappa shape index (κ2) is 12.6. The van der Waals surface area contributed by atoms with Gasteiger partial charge in [-0.3, -0.25) is 0 Å². The van der Waals surface area contributed by atoms with Crippen molar-refractivity contribution in [2.75, 3.05) is 47.8 Å². The fraction of sp³-hybridized carbons (Fsp3) is 0.733. The number of esters is 4. The molecule has 0 amide bonds. The van der Waals surface area contributed by atoms with Gasteiger partial charge < -0.3 is 52.7 Å². The lowest BCUT2D eigenvalue weighted by atomic mass is 10.1. The number of carbonyl (C=O) groups excluding carboxylic acids is 4. The molecule has 0 aromatic carbocycles. The molecule has 0 aliphatic heterocycles. The molecule has 16 heteroatoms. The van der Waals surface area contributed by atoms with Gasteiger partial charge >= 0.3 is 43.9 Å². The molecule has 0 aliphatic carbocycles. The Balaban J connectivity index is 7.42. The minimum Gasteiger partial charge on any atom is -0.413 e. The van der Waals surface area contributed by atoms with Crippen molar-refractivity contribution in [2.24, 2.45) is 0 Å². The van der Waals surface area contributed by atoms with Gasteiger partial charge in [0, 0.05) is 27.8 Å². The van der Waals surface area contributed by atoms with Crippen LogP contribution in [0.1, 0.15) is 13.3 Å². The molecule has 0 unspecified atom stereocenters. The third-order valence-corrected chi connectivity index (χ3v) is 6.77. The third-order valence-electron chi connectivity index (χ3n) is 3.77. The third kappa shape index (κ3) is 5.95. The van der Waals surface area contributed by atoms with Gasteiger partial charge in [0.1, 0.15) is 26.4 Å². The SMILES string of the molecule is CCC(OC(=O)CO)(OC(=O)CO)C(OC(=O)CO)(OC(=O)CO)[Si](OC)(OC)OC. The first-order valence-corrected chi connectivity index (χ1v) is 10.3. The van der Waals surface area contributed by atoms with Crippen LogP contribution in [-0.4, -0.2) is 112 Å². The Morgan fingerprint density at radius 1 is 0.645 bits per heavy atom. The van der Waals surface area contributed by atoms with Gasteiger partial charge in [0.15, 0.2) is 0 Å². The number of carbonyl (C=O) groups is 4. The molecule has 0 rings (SSSR count). The highest BCUT2D eigenvalue weighted by atomic mass is 28.4. The average Bonchev–Trinajstić information content (AvgIpc) is 2.78. The highest BCUT2D eigenvalue weighted by molar-refractivity contribution is 6.64. The predicted molar refractivity (Wildman–Crippen MR) is 95.2 cm³/mol. The predicted octanol–water partition coefficient (Wildman–Crippen LogP) is -3.65. The van der Waals surface area contributed by atoms with E-state index in [1.54, 1.807) is 0 Å². The van der Waals surface area contributed by atoms with E-state index in [4.69, 9.17) is 42.4 Å². The maximum atomic E-state index is 12.1. The molecule has 0 saturated heterocycles. The molecular weight excluding hydrogens is 448 g/mol. The van der Waals surface area contributed by atoms with E-state index >= 15 is 0 Å². The molecular formula is C15H26O15Si. The minimum absolute atomic E-state index is 0.674. The van der Waals surface area contributed by atoms with Gasteiger partial charge in [0.05, 0.1) is 0 Å². The molecule has 4 N–H and O–H groups in total. The first-order valence-electron chi connectivity index (χ1n) is 8.53. The van der Waals surface area contributed by atoms with Crippen molar-refractivity contribution in [2.45, 2.75) is 24.5 Å². The molecule has 0 saturated carbocycles. The van der Waals surface area contributed by atoms with Crippen LogP contribution in [0, 0.1) is 0 Å². The number of rotatable bonds is 14. The van der Waals surface area contributed by atoms with Crippen LogP contribution in [0.25, 0.3) is 0 Å². The summed E-state index contributed by atoms with van der Waals surface area (Å²) in [5.41, 5.74) is -3.22. The van der Waals surface area contributed by atoms with Crippen LogP contribution in [0.15, 0.2) is 0 Å². The van der Waals surface area contributed by atoms with E-state index in [2.05, 4.69) is 0 Å².